The number of para-hydroxylation sites is 2. The molecule has 1 saturated carbocycles. The van der Waals surface area contributed by atoms with Crippen LogP contribution in [0.3, 0.4) is 0 Å². The number of amides is 1. The van der Waals surface area contributed by atoms with Crippen molar-refractivity contribution in [2.45, 2.75) is 62.4 Å². The fourth-order valence-corrected chi connectivity index (χ4v) is 4.34. The Balaban J connectivity index is 1.72. The largest absolute Gasteiger partial charge is 0.319 e. The third-order valence-electron chi connectivity index (χ3n) is 4.78. The van der Waals surface area contributed by atoms with Crippen molar-refractivity contribution >= 4 is 29.0 Å². The van der Waals surface area contributed by atoms with Gasteiger partial charge in [0, 0.05) is 12.1 Å². The van der Waals surface area contributed by atoms with Gasteiger partial charge in [0.1, 0.15) is 11.5 Å². The Morgan fingerprint density at radius 1 is 1.30 bits per heavy atom. The maximum absolute atomic E-state index is 12.6. The van der Waals surface area contributed by atoms with Gasteiger partial charge in [0.25, 0.3) is 5.69 Å². The first-order valence-electron chi connectivity index (χ1n) is 9.10. The number of nitrogens with zero attached hydrogens (tertiary/aromatic N) is 4. The molecule has 9 heteroatoms. The Kier molecular flexibility index (Phi) is 6.10. The van der Waals surface area contributed by atoms with Gasteiger partial charge < -0.3 is 9.88 Å². The average Bonchev–Trinajstić information content (AvgIpc) is 3.02. The summed E-state index contributed by atoms with van der Waals surface area (Å²) in [5.74, 6) is 0.556. The van der Waals surface area contributed by atoms with Crippen LogP contribution in [0, 0.1) is 17.0 Å². The van der Waals surface area contributed by atoms with E-state index in [0.29, 0.717) is 6.04 Å². The van der Waals surface area contributed by atoms with E-state index in [9.17, 15) is 14.9 Å². The molecule has 1 aliphatic rings. The van der Waals surface area contributed by atoms with Crippen LogP contribution in [0.25, 0.3) is 0 Å². The summed E-state index contributed by atoms with van der Waals surface area (Å²) < 4.78 is 2.14. The van der Waals surface area contributed by atoms with Crippen molar-refractivity contribution in [1.29, 1.82) is 0 Å². The molecule has 2 aromatic rings. The van der Waals surface area contributed by atoms with Gasteiger partial charge in [0.05, 0.1) is 10.2 Å². The Hall–Kier alpha value is -2.42. The van der Waals surface area contributed by atoms with Crippen LogP contribution in [-0.2, 0) is 4.79 Å². The van der Waals surface area contributed by atoms with Crippen LogP contribution in [0.1, 0.15) is 50.9 Å². The van der Waals surface area contributed by atoms with Crippen LogP contribution in [0.2, 0.25) is 0 Å². The molecular weight excluding hydrogens is 366 g/mol. The highest BCUT2D eigenvalue weighted by atomic mass is 32.2. The molecule has 1 amide bonds. The summed E-state index contributed by atoms with van der Waals surface area (Å²) in [6.07, 6.45) is 5.85. The summed E-state index contributed by atoms with van der Waals surface area (Å²) in [5.41, 5.74) is 0.0779. The van der Waals surface area contributed by atoms with Crippen molar-refractivity contribution < 1.29 is 9.72 Å². The quantitative estimate of drug-likeness (QED) is 0.453. The second kappa shape index (κ2) is 8.51. The summed E-state index contributed by atoms with van der Waals surface area (Å²) in [5, 5.41) is 22.5. The summed E-state index contributed by atoms with van der Waals surface area (Å²) in [6, 6.07) is 6.51. The number of aromatic nitrogens is 3. The van der Waals surface area contributed by atoms with Gasteiger partial charge in [-0.1, -0.05) is 43.2 Å². The number of benzene rings is 1. The third-order valence-corrected chi connectivity index (χ3v) is 5.84. The number of anilines is 1. The van der Waals surface area contributed by atoms with Crippen LogP contribution in [0.4, 0.5) is 11.4 Å². The van der Waals surface area contributed by atoms with Crippen LogP contribution >= 0.6 is 11.8 Å². The lowest BCUT2D eigenvalue weighted by atomic mass is 9.95. The van der Waals surface area contributed by atoms with Crippen molar-refractivity contribution in [1.82, 2.24) is 14.8 Å². The van der Waals surface area contributed by atoms with Crippen LogP contribution in [0.15, 0.2) is 29.4 Å². The number of thioether (sulfide) groups is 1. The van der Waals surface area contributed by atoms with Gasteiger partial charge in [-0.2, -0.15) is 0 Å². The summed E-state index contributed by atoms with van der Waals surface area (Å²) in [4.78, 5) is 23.2. The Morgan fingerprint density at radius 2 is 2.00 bits per heavy atom. The van der Waals surface area contributed by atoms with E-state index >= 15 is 0 Å². The third kappa shape index (κ3) is 4.47. The number of rotatable bonds is 6. The van der Waals surface area contributed by atoms with Crippen LogP contribution in [0.5, 0.6) is 0 Å². The van der Waals surface area contributed by atoms with Gasteiger partial charge >= 0.3 is 0 Å². The summed E-state index contributed by atoms with van der Waals surface area (Å²) in [6.45, 7) is 3.70. The molecule has 1 atom stereocenters. The van der Waals surface area contributed by atoms with Crippen LogP contribution in [-0.4, -0.2) is 30.8 Å². The molecule has 0 unspecified atom stereocenters. The number of nitro benzene ring substituents is 1. The molecule has 3 rings (SSSR count). The minimum atomic E-state index is -0.503. The number of hydrogen-bond acceptors (Lipinski definition) is 6. The molecule has 0 aliphatic heterocycles. The second-order valence-corrected chi connectivity index (χ2v) is 8.02. The molecule has 0 bridgehead atoms. The van der Waals surface area contributed by atoms with E-state index in [4.69, 9.17) is 0 Å². The lowest BCUT2D eigenvalue weighted by Crippen LogP contribution is -2.24. The van der Waals surface area contributed by atoms with Crippen molar-refractivity contribution in [2.24, 2.45) is 0 Å². The first-order valence-corrected chi connectivity index (χ1v) is 9.97. The minimum absolute atomic E-state index is 0.121. The van der Waals surface area contributed by atoms with Crippen molar-refractivity contribution in [3.05, 3.63) is 40.2 Å². The Morgan fingerprint density at radius 3 is 2.70 bits per heavy atom. The summed E-state index contributed by atoms with van der Waals surface area (Å²) >= 11 is 1.33. The normalized spacial score (nSPS) is 16.1. The lowest BCUT2D eigenvalue weighted by Gasteiger charge is -2.25. The number of carbonyl (C=O) groups excluding carboxylic acids is 1. The van der Waals surface area contributed by atoms with E-state index in [1.807, 2.05) is 6.92 Å². The molecule has 1 N–H and O–H groups in total. The van der Waals surface area contributed by atoms with Gasteiger partial charge in [-0.15, -0.1) is 10.2 Å². The Bertz CT molecular complexity index is 832. The van der Waals surface area contributed by atoms with Gasteiger partial charge in [-0.05, 0) is 32.8 Å². The van der Waals surface area contributed by atoms with E-state index in [2.05, 4.69) is 20.1 Å². The number of nitrogens with one attached hydrogen (secondary N) is 1. The molecule has 1 aliphatic carbocycles. The molecule has 1 heterocycles. The number of aryl methyl sites for hydroxylation is 1. The highest BCUT2D eigenvalue weighted by Gasteiger charge is 2.25. The maximum atomic E-state index is 12.6. The minimum Gasteiger partial charge on any atom is -0.319 e. The SMILES string of the molecule is Cc1nnc(S[C@@H](C)C(=O)Nc2ccccc2[N+](=O)[O-])n1C1CCCCC1. The van der Waals surface area contributed by atoms with Gasteiger partial charge in [-0.3, -0.25) is 14.9 Å². The molecule has 8 nitrogen and oxygen atoms in total. The molecule has 1 fully saturated rings. The molecule has 0 radical (unpaired) electrons. The molecule has 1 aromatic heterocycles. The zero-order chi connectivity index (χ0) is 19.4. The number of nitro groups is 1. The zero-order valence-corrected chi connectivity index (χ0v) is 16.2. The zero-order valence-electron chi connectivity index (χ0n) is 15.4. The molecule has 1 aromatic carbocycles. The molecule has 27 heavy (non-hydrogen) atoms. The average molecular weight is 389 g/mol. The predicted molar refractivity (Wildman–Crippen MR) is 104 cm³/mol. The van der Waals surface area contributed by atoms with E-state index in [1.165, 1.54) is 43.2 Å². The highest BCUT2D eigenvalue weighted by Crippen LogP contribution is 2.34. The van der Waals surface area contributed by atoms with Gasteiger partial charge in [0.15, 0.2) is 5.16 Å². The topological polar surface area (TPSA) is 103 Å². The first kappa shape index (κ1) is 19.3. The number of carbonyl (C=O) groups is 1. The molecular formula is C18H23N5O3S. The van der Waals surface area contributed by atoms with Gasteiger partial charge in [-0.25, -0.2) is 0 Å². The monoisotopic (exact) mass is 389 g/mol. The van der Waals surface area contributed by atoms with E-state index in [-0.39, 0.29) is 17.3 Å². The summed E-state index contributed by atoms with van der Waals surface area (Å²) in [7, 11) is 0. The van der Waals surface area contributed by atoms with E-state index in [0.717, 1.165) is 23.8 Å². The maximum Gasteiger partial charge on any atom is 0.292 e. The lowest BCUT2D eigenvalue weighted by molar-refractivity contribution is -0.383. The first-order chi connectivity index (χ1) is 13.0. The molecule has 0 spiro atoms. The second-order valence-electron chi connectivity index (χ2n) is 6.72. The van der Waals surface area contributed by atoms with Gasteiger partial charge in [0.2, 0.25) is 5.91 Å². The highest BCUT2D eigenvalue weighted by molar-refractivity contribution is 8.00. The standard InChI is InChI=1S/C18H23N5O3S/c1-12(17(24)19-15-10-6-7-11-16(15)23(25)26)27-18-21-20-13(2)22(18)14-8-4-3-5-9-14/h6-7,10-12,14H,3-5,8-9H2,1-2H3,(H,19,24)/t12-/m0/s1. The fourth-order valence-electron chi connectivity index (χ4n) is 3.37. The van der Waals surface area contributed by atoms with E-state index in [1.54, 1.807) is 19.1 Å². The van der Waals surface area contributed by atoms with E-state index < -0.39 is 10.2 Å². The van der Waals surface area contributed by atoms with Crippen molar-refractivity contribution in [3.8, 4) is 0 Å². The van der Waals surface area contributed by atoms with Crippen molar-refractivity contribution in [2.75, 3.05) is 5.32 Å². The fraction of sp³-hybridized carbons (Fsp3) is 0.500. The molecule has 0 saturated heterocycles. The van der Waals surface area contributed by atoms with Crippen molar-refractivity contribution in [3.63, 3.8) is 0 Å². The number of hydrogen-bond donors (Lipinski definition) is 1. The molecule has 144 valence electrons. The smallest absolute Gasteiger partial charge is 0.292 e. The van der Waals surface area contributed by atoms with Crippen LogP contribution < -0.4 is 5.32 Å². The predicted octanol–water partition coefficient (Wildman–Crippen LogP) is 4.12. The Labute approximate surface area is 161 Å².